The number of carbonyl (C=O) groups is 1. The van der Waals surface area contributed by atoms with E-state index in [1.54, 1.807) is 7.11 Å². The van der Waals surface area contributed by atoms with Crippen LogP contribution in [0.2, 0.25) is 0 Å². The van der Waals surface area contributed by atoms with Crippen LogP contribution >= 0.6 is 11.3 Å². The molecule has 0 saturated carbocycles. The van der Waals surface area contributed by atoms with Gasteiger partial charge in [-0.2, -0.15) is 0 Å². The molecule has 0 atom stereocenters. The van der Waals surface area contributed by atoms with Gasteiger partial charge in [0.2, 0.25) is 0 Å². The first-order chi connectivity index (χ1) is 12.2. The van der Waals surface area contributed by atoms with Crippen LogP contribution in [0.4, 0.5) is 0 Å². The van der Waals surface area contributed by atoms with Crippen LogP contribution in [-0.4, -0.2) is 31.0 Å². The molecule has 1 saturated heterocycles. The molecule has 1 aliphatic heterocycles. The highest BCUT2D eigenvalue weighted by atomic mass is 32.1. The van der Waals surface area contributed by atoms with Gasteiger partial charge in [-0.05, 0) is 42.5 Å². The number of hydrogen-bond donors (Lipinski definition) is 0. The lowest BCUT2D eigenvalue weighted by Gasteiger charge is -2.32. The predicted molar refractivity (Wildman–Crippen MR) is 102 cm³/mol. The lowest BCUT2D eigenvalue weighted by atomic mass is 9.89. The summed E-state index contributed by atoms with van der Waals surface area (Å²) >= 11 is 1.54. The van der Waals surface area contributed by atoms with Crippen LogP contribution in [0.5, 0.6) is 5.75 Å². The van der Waals surface area contributed by atoms with Gasteiger partial charge in [-0.15, -0.1) is 11.3 Å². The van der Waals surface area contributed by atoms with Gasteiger partial charge >= 0.3 is 0 Å². The number of hydrogen-bond acceptors (Lipinski definition) is 3. The number of nitrogens with zero attached hydrogens (tertiary/aromatic N) is 1. The van der Waals surface area contributed by atoms with Crippen molar-refractivity contribution in [1.29, 1.82) is 0 Å². The molecule has 2 aromatic carbocycles. The summed E-state index contributed by atoms with van der Waals surface area (Å²) in [4.78, 5) is 15.5. The van der Waals surface area contributed by atoms with Crippen molar-refractivity contribution in [3.05, 3.63) is 65.0 Å². The minimum atomic E-state index is 0.120. The van der Waals surface area contributed by atoms with Crippen molar-refractivity contribution >= 4 is 27.3 Å². The average molecular weight is 350 g/mol. The lowest BCUT2D eigenvalue weighted by Crippen LogP contribution is -2.37. The normalized spacial score (nSPS) is 15.5. The Morgan fingerprint density at radius 2 is 1.84 bits per heavy atom. The van der Waals surface area contributed by atoms with E-state index in [1.807, 2.05) is 41.3 Å². The first-order valence-electron chi connectivity index (χ1n) is 8.58. The van der Waals surface area contributed by atoms with Gasteiger partial charge in [0.1, 0.15) is 10.6 Å². The summed E-state index contributed by atoms with van der Waals surface area (Å²) in [5.41, 5.74) is 1.33. The molecule has 0 unspecified atom stereocenters. The van der Waals surface area contributed by atoms with Crippen molar-refractivity contribution in [3.8, 4) is 5.75 Å². The smallest absolute Gasteiger partial charge is 0.264 e. The van der Waals surface area contributed by atoms with Crippen molar-refractivity contribution in [2.75, 3.05) is 20.2 Å². The zero-order valence-corrected chi connectivity index (χ0v) is 15.0. The first kappa shape index (κ1) is 16.2. The number of likely N-dealkylation sites (tertiary alicyclic amines) is 1. The Morgan fingerprint density at radius 3 is 2.52 bits per heavy atom. The van der Waals surface area contributed by atoms with Crippen LogP contribution in [0.3, 0.4) is 0 Å². The standard InChI is InChI=1S/C21H20NO2S/c1-24-18-8-6-15(7-9-18)16-10-12-22(13-11-16)21(23)20-14-17-4-2-3-5-19(17)25-20/h2-9,16H,10-13H2,1H3. The molecular formula is C21H20NO2S. The Bertz CT molecular complexity index is 843. The molecule has 2 heterocycles. The highest BCUT2D eigenvalue weighted by molar-refractivity contribution is 7.20. The molecule has 1 aromatic heterocycles. The van der Waals surface area contributed by atoms with Gasteiger partial charge in [-0.3, -0.25) is 4.79 Å². The number of ether oxygens (including phenoxy) is 1. The van der Waals surface area contributed by atoms with Crippen LogP contribution in [0, 0.1) is 6.07 Å². The molecule has 4 heteroatoms. The van der Waals surface area contributed by atoms with Crippen molar-refractivity contribution in [2.45, 2.75) is 18.8 Å². The largest absolute Gasteiger partial charge is 0.497 e. The van der Waals surface area contributed by atoms with Crippen LogP contribution in [0.25, 0.3) is 10.1 Å². The van der Waals surface area contributed by atoms with Crippen molar-refractivity contribution < 1.29 is 9.53 Å². The number of carbonyl (C=O) groups excluding carboxylic acids is 1. The second-order valence-corrected chi connectivity index (χ2v) is 7.44. The Labute approximate surface area is 151 Å². The molecule has 3 nitrogen and oxygen atoms in total. The number of benzene rings is 2. The molecule has 4 rings (SSSR count). The van der Waals surface area contributed by atoms with Gasteiger partial charge in [-0.1, -0.05) is 30.3 Å². The van der Waals surface area contributed by atoms with E-state index in [2.05, 4.69) is 18.2 Å². The van der Waals surface area contributed by atoms with E-state index in [4.69, 9.17) is 4.74 Å². The molecule has 0 aliphatic carbocycles. The van der Waals surface area contributed by atoms with E-state index in [1.165, 1.54) is 16.9 Å². The Balaban J connectivity index is 1.43. The SMILES string of the molecule is COc1ccc(C2CCN(C(=O)c3[c]c4ccccc4s3)CC2)cc1. The Kier molecular flexibility index (Phi) is 4.45. The second kappa shape index (κ2) is 6.89. The van der Waals surface area contributed by atoms with E-state index >= 15 is 0 Å². The second-order valence-electron chi connectivity index (χ2n) is 6.39. The third-order valence-corrected chi connectivity index (χ3v) is 5.97. The molecule has 3 aromatic rings. The fraction of sp³-hybridized carbons (Fsp3) is 0.286. The first-order valence-corrected chi connectivity index (χ1v) is 9.40. The number of fused-ring (bicyclic) bond motifs is 1. The number of amides is 1. The van der Waals surface area contributed by atoms with Crippen molar-refractivity contribution in [2.24, 2.45) is 0 Å². The summed E-state index contributed by atoms with van der Waals surface area (Å²) in [5, 5.41) is 1.03. The number of methoxy groups -OCH3 is 1. The molecule has 1 radical (unpaired) electrons. The highest BCUT2D eigenvalue weighted by Crippen LogP contribution is 2.31. The van der Waals surface area contributed by atoms with Crippen LogP contribution < -0.4 is 4.74 Å². The van der Waals surface area contributed by atoms with Crippen molar-refractivity contribution in [1.82, 2.24) is 4.90 Å². The maximum atomic E-state index is 12.8. The van der Waals surface area contributed by atoms with Gasteiger partial charge in [0, 0.05) is 29.2 Å². The average Bonchev–Trinajstić information content (AvgIpc) is 3.12. The number of piperidine rings is 1. The fourth-order valence-electron chi connectivity index (χ4n) is 3.45. The third kappa shape index (κ3) is 3.27. The zero-order valence-electron chi connectivity index (χ0n) is 14.2. The molecule has 0 bridgehead atoms. The number of rotatable bonds is 3. The van der Waals surface area contributed by atoms with E-state index in [9.17, 15) is 4.79 Å². The van der Waals surface area contributed by atoms with Gasteiger partial charge in [0.15, 0.2) is 0 Å². The van der Waals surface area contributed by atoms with Gasteiger partial charge in [0.05, 0.1) is 7.11 Å². The quantitative estimate of drug-likeness (QED) is 0.683. The number of thiophene rings is 1. The van der Waals surface area contributed by atoms with E-state index in [-0.39, 0.29) is 5.91 Å². The topological polar surface area (TPSA) is 29.5 Å². The minimum Gasteiger partial charge on any atom is -0.497 e. The molecule has 0 N–H and O–H groups in total. The van der Waals surface area contributed by atoms with Crippen LogP contribution in [0.1, 0.15) is 34.0 Å². The summed E-state index contributed by atoms with van der Waals surface area (Å²) in [6.45, 7) is 1.61. The summed E-state index contributed by atoms with van der Waals surface area (Å²) < 4.78 is 6.35. The summed E-state index contributed by atoms with van der Waals surface area (Å²) in [6.07, 6.45) is 2.01. The summed E-state index contributed by atoms with van der Waals surface area (Å²) in [7, 11) is 1.68. The molecule has 127 valence electrons. The van der Waals surface area contributed by atoms with Gasteiger partial charge < -0.3 is 9.64 Å². The van der Waals surface area contributed by atoms with Crippen LogP contribution in [0.15, 0.2) is 48.5 Å². The third-order valence-electron chi connectivity index (χ3n) is 4.91. The Hall–Kier alpha value is -2.33. The minimum absolute atomic E-state index is 0.120. The molecule has 1 amide bonds. The predicted octanol–water partition coefficient (Wildman–Crippen LogP) is 4.73. The molecular weight excluding hydrogens is 330 g/mol. The van der Waals surface area contributed by atoms with E-state index < -0.39 is 0 Å². The monoisotopic (exact) mass is 350 g/mol. The fourth-order valence-corrected chi connectivity index (χ4v) is 4.42. The summed E-state index contributed by atoms with van der Waals surface area (Å²) in [6, 6.07) is 19.6. The zero-order chi connectivity index (χ0) is 17.2. The highest BCUT2D eigenvalue weighted by Gasteiger charge is 2.25. The molecule has 1 aliphatic rings. The maximum Gasteiger partial charge on any atom is 0.264 e. The van der Waals surface area contributed by atoms with Crippen molar-refractivity contribution in [3.63, 3.8) is 0 Å². The van der Waals surface area contributed by atoms with E-state index in [0.717, 1.165) is 46.6 Å². The summed E-state index contributed by atoms with van der Waals surface area (Å²) in [5.74, 6) is 1.52. The maximum absolute atomic E-state index is 12.8. The van der Waals surface area contributed by atoms with Crippen LogP contribution in [-0.2, 0) is 0 Å². The Morgan fingerprint density at radius 1 is 1.12 bits per heavy atom. The lowest BCUT2D eigenvalue weighted by molar-refractivity contribution is 0.0717. The van der Waals surface area contributed by atoms with Gasteiger partial charge in [0.25, 0.3) is 5.91 Å². The molecule has 25 heavy (non-hydrogen) atoms. The van der Waals surface area contributed by atoms with Gasteiger partial charge in [-0.25, -0.2) is 0 Å². The molecule has 0 spiro atoms. The van der Waals surface area contributed by atoms with E-state index in [0.29, 0.717) is 5.92 Å². The molecule has 1 fully saturated rings.